The minimum absolute atomic E-state index is 0.0211. The first kappa shape index (κ1) is 14.7. The number of carbonyl (C=O) groups excluding carboxylic acids is 1. The molecule has 2 N–H and O–H groups in total. The van der Waals surface area contributed by atoms with Gasteiger partial charge in [0.1, 0.15) is 5.60 Å². The summed E-state index contributed by atoms with van der Waals surface area (Å²) < 4.78 is 10.3. The number of nitrogens with zero attached hydrogens (tertiary/aromatic N) is 1. The minimum Gasteiger partial charge on any atom is -0.479 e. The van der Waals surface area contributed by atoms with E-state index >= 15 is 0 Å². The molecule has 1 heterocycles. The summed E-state index contributed by atoms with van der Waals surface area (Å²) in [5.41, 5.74) is -0.673. The number of carbonyl (C=O) groups is 2. The molecule has 0 spiro atoms. The second-order valence-corrected chi connectivity index (χ2v) is 5.10. The highest BCUT2D eigenvalue weighted by molar-refractivity contribution is 5.75. The monoisotopic (exact) mass is 261 g/mol. The molecule has 7 nitrogen and oxygen atoms in total. The summed E-state index contributed by atoms with van der Waals surface area (Å²) in [5, 5.41) is 18.3. The van der Waals surface area contributed by atoms with Crippen molar-refractivity contribution in [2.24, 2.45) is 0 Å². The van der Waals surface area contributed by atoms with Crippen molar-refractivity contribution in [3.63, 3.8) is 0 Å². The third kappa shape index (κ3) is 3.85. The molecule has 18 heavy (non-hydrogen) atoms. The van der Waals surface area contributed by atoms with Gasteiger partial charge in [-0.3, -0.25) is 4.90 Å². The zero-order chi connectivity index (χ0) is 13.9. The van der Waals surface area contributed by atoms with Gasteiger partial charge in [-0.05, 0) is 20.8 Å². The molecule has 1 amide bonds. The number of morpholine rings is 1. The van der Waals surface area contributed by atoms with Gasteiger partial charge in [0.2, 0.25) is 0 Å². The van der Waals surface area contributed by atoms with Crippen LogP contribution in [0.15, 0.2) is 0 Å². The van der Waals surface area contributed by atoms with Crippen LogP contribution in [-0.2, 0) is 14.3 Å². The van der Waals surface area contributed by atoms with Crippen LogP contribution >= 0.6 is 0 Å². The normalized spacial score (nSPS) is 22.4. The Morgan fingerprint density at radius 3 is 2.56 bits per heavy atom. The number of hydrogen-bond acceptors (Lipinski definition) is 5. The fourth-order valence-corrected chi connectivity index (χ4v) is 1.60. The maximum absolute atomic E-state index is 11.9. The largest absolute Gasteiger partial charge is 0.479 e. The molecule has 0 radical (unpaired) electrons. The molecular formula is C11H19NO6. The molecule has 7 heteroatoms. The Kier molecular flexibility index (Phi) is 4.53. The standard InChI is InChI=1S/C11H19NO6/c1-11(2,3)18-10(16)12-4-5-17-6-7(12)8(13)9(14)15/h7-8,13H,4-6H2,1-3H3,(H,14,15). The van der Waals surface area contributed by atoms with Crippen molar-refractivity contribution in [1.29, 1.82) is 0 Å². The Balaban J connectivity index is 2.76. The second kappa shape index (κ2) is 5.53. The van der Waals surface area contributed by atoms with Crippen molar-refractivity contribution < 1.29 is 29.3 Å². The summed E-state index contributed by atoms with van der Waals surface area (Å²) >= 11 is 0. The Bertz CT molecular complexity index is 324. The number of carboxylic acids is 1. The first-order valence-corrected chi connectivity index (χ1v) is 5.70. The summed E-state index contributed by atoms with van der Waals surface area (Å²) in [6.45, 7) is 5.62. The molecule has 1 fully saturated rings. The van der Waals surface area contributed by atoms with Crippen LogP contribution in [-0.4, -0.2) is 64.7 Å². The van der Waals surface area contributed by atoms with Crippen molar-refractivity contribution in [2.75, 3.05) is 19.8 Å². The first-order valence-electron chi connectivity index (χ1n) is 5.70. The smallest absolute Gasteiger partial charge is 0.410 e. The number of ether oxygens (including phenoxy) is 2. The maximum Gasteiger partial charge on any atom is 0.410 e. The van der Waals surface area contributed by atoms with Crippen molar-refractivity contribution in [3.05, 3.63) is 0 Å². The lowest BCUT2D eigenvalue weighted by atomic mass is 10.1. The third-order valence-corrected chi connectivity index (χ3v) is 2.41. The summed E-state index contributed by atoms with van der Waals surface area (Å²) in [6, 6.07) is -0.925. The summed E-state index contributed by atoms with van der Waals surface area (Å²) in [5.74, 6) is -1.39. The molecule has 1 rings (SSSR count). The van der Waals surface area contributed by atoms with Gasteiger partial charge in [-0.2, -0.15) is 0 Å². The molecule has 2 unspecified atom stereocenters. The average Bonchev–Trinajstić information content (AvgIpc) is 2.25. The Morgan fingerprint density at radius 2 is 2.06 bits per heavy atom. The van der Waals surface area contributed by atoms with Gasteiger partial charge in [0.05, 0.1) is 19.3 Å². The quantitative estimate of drug-likeness (QED) is 0.730. The van der Waals surface area contributed by atoms with E-state index in [0.29, 0.717) is 6.61 Å². The van der Waals surface area contributed by atoms with Gasteiger partial charge >= 0.3 is 12.1 Å². The number of aliphatic carboxylic acids is 1. The van der Waals surface area contributed by atoms with Crippen molar-refractivity contribution >= 4 is 12.1 Å². The lowest BCUT2D eigenvalue weighted by Crippen LogP contribution is -2.57. The van der Waals surface area contributed by atoms with Crippen LogP contribution in [0.4, 0.5) is 4.79 Å². The maximum atomic E-state index is 11.9. The van der Waals surface area contributed by atoms with Crippen molar-refractivity contribution in [1.82, 2.24) is 4.90 Å². The molecular weight excluding hydrogens is 242 g/mol. The fourth-order valence-electron chi connectivity index (χ4n) is 1.60. The number of aliphatic hydroxyl groups excluding tert-OH is 1. The molecule has 0 aromatic rings. The molecule has 104 valence electrons. The van der Waals surface area contributed by atoms with Gasteiger partial charge in [0.15, 0.2) is 6.10 Å². The molecule has 0 aromatic heterocycles. The highest BCUT2D eigenvalue weighted by atomic mass is 16.6. The highest BCUT2D eigenvalue weighted by Gasteiger charge is 2.38. The average molecular weight is 261 g/mol. The molecule has 1 aliphatic heterocycles. The number of amides is 1. The van der Waals surface area contributed by atoms with Crippen LogP contribution in [0.3, 0.4) is 0 Å². The molecule has 1 aliphatic rings. The Morgan fingerprint density at radius 1 is 1.44 bits per heavy atom. The third-order valence-electron chi connectivity index (χ3n) is 2.41. The second-order valence-electron chi connectivity index (χ2n) is 5.10. The van der Waals surface area contributed by atoms with Crippen LogP contribution in [0.5, 0.6) is 0 Å². The lowest BCUT2D eigenvalue weighted by molar-refractivity contribution is -0.154. The van der Waals surface area contributed by atoms with Gasteiger partial charge in [-0.1, -0.05) is 0 Å². The van der Waals surface area contributed by atoms with Crippen molar-refractivity contribution in [2.45, 2.75) is 38.5 Å². The topological polar surface area (TPSA) is 96.3 Å². The number of aliphatic hydroxyl groups is 1. The lowest BCUT2D eigenvalue weighted by Gasteiger charge is -2.37. The van der Waals surface area contributed by atoms with Crippen LogP contribution in [0, 0.1) is 0 Å². The molecule has 1 saturated heterocycles. The van der Waals surface area contributed by atoms with E-state index in [1.165, 1.54) is 4.90 Å². The molecule has 0 saturated carbocycles. The number of carboxylic acid groups (broad SMARTS) is 1. The predicted octanol–water partition coefficient (Wildman–Crippen LogP) is 0.0678. The zero-order valence-electron chi connectivity index (χ0n) is 10.8. The highest BCUT2D eigenvalue weighted by Crippen LogP contribution is 2.16. The van der Waals surface area contributed by atoms with E-state index in [2.05, 4.69) is 0 Å². The first-order chi connectivity index (χ1) is 8.22. The minimum atomic E-state index is -1.68. The fraction of sp³-hybridized carbons (Fsp3) is 0.818. The van der Waals surface area contributed by atoms with Gasteiger partial charge in [0.25, 0.3) is 0 Å². The van der Waals surface area contributed by atoms with E-state index in [0.717, 1.165) is 0 Å². The van der Waals surface area contributed by atoms with Gasteiger partial charge in [-0.25, -0.2) is 9.59 Å². The van der Waals surface area contributed by atoms with Crippen LogP contribution in [0.1, 0.15) is 20.8 Å². The van der Waals surface area contributed by atoms with E-state index in [1.807, 2.05) is 0 Å². The number of rotatable bonds is 2. The van der Waals surface area contributed by atoms with E-state index in [1.54, 1.807) is 20.8 Å². The van der Waals surface area contributed by atoms with Crippen molar-refractivity contribution in [3.8, 4) is 0 Å². The van der Waals surface area contributed by atoms with E-state index in [4.69, 9.17) is 14.6 Å². The Hall–Kier alpha value is -1.34. The molecule has 0 bridgehead atoms. The summed E-state index contributed by atoms with van der Waals surface area (Å²) in [7, 11) is 0. The van der Waals surface area contributed by atoms with E-state index < -0.39 is 29.8 Å². The van der Waals surface area contributed by atoms with Crippen LogP contribution in [0.2, 0.25) is 0 Å². The zero-order valence-corrected chi connectivity index (χ0v) is 10.8. The van der Waals surface area contributed by atoms with Gasteiger partial charge < -0.3 is 19.7 Å². The summed E-state index contributed by atoms with van der Waals surface area (Å²) in [6.07, 6.45) is -2.33. The predicted molar refractivity (Wildman–Crippen MR) is 61.2 cm³/mol. The van der Waals surface area contributed by atoms with Gasteiger partial charge in [0, 0.05) is 6.54 Å². The SMILES string of the molecule is CC(C)(C)OC(=O)N1CCOCC1C(O)C(=O)O. The molecule has 0 aromatic carbocycles. The number of hydrogen-bond donors (Lipinski definition) is 2. The molecule has 0 aliphatic carbocycles. The van der Waals surface area contributed by atoms with Crippen LogP contribution < -0.4 is 0 Å². The van der Waals surface area contributed by atoms with Crippen LogP contribution in [0.25, 0.3) is 0 Å². The summed E-state index contributed by atoms with van der Waals surface area (Å²) in [4.78, 5) is 23.9. The van der Waals surface area contributed by atoms with E-state index in [9.17, 15) is 14.7 Å². The Labute approximate surface area is 105 Å². The van der Waals surface area contributed by atoms with E-state index in [-0.39, 0.29) is 13.2 Å². The molecule has 2 atom stereocenters. The van der Waals surface area contributed by atoms with Gasteiger partial charge in [-0.15, -0.1) is 0 Å².